The maximum Gasteiger partial charge on any atom is 0.0578 e. The second-order valence-electron chi connectivity index (χ2n) is 2.03. The van der Waals surface area contributed by atoms with Crippen molar-refractivity contribution in [2.75, 3.05) is 0 Å². The van der Waals surface area contributed by atoms with Crippen molar-refractivity contribution in [3.63, 3.8) is 0 Å². The molecule has 0 saturated heterocycles. The monoisotopic (exact) mass is 147 g/mol. The second kappa shape index (κ2) is 2.30. The van der Waals surface area contributed by atoms with Gasteiger partial charge in [-0.25, -0.2) is 0 Å². The van der Waals surface area contributed by atoms with Gasteiger partial charge in [-0.05, 0) is 25.6 Å². The van der Waals surface area contributed by atoms with Gasteiger partial charge in [-0.1, -0.05) is 11.7 Å². The summed E-state index contributed by atoms with van der Waals surface area (Å²) in [4.78, 5) is 4.05. The zero-order valence-corrected chi connectivity index (χ0v) is 6.25. The average Bonchev–Trinajstić information content (AvgIpc) is 2.05. The lowest BCUT2D eigenvalue weighted by Gasteiger charge is -2.03. The molecule has 0 aromatic rings. The molecule has 0 bridgehead atoms. The van der Waals surface area contributed by atoms with E-state index in [9.17, 15) is 0 Å². The molecule has 48 valence electrons. The first-order valence-corrected chi connectivity index (χ1v) is 4.50. The zero-order valence-electron chi connectivity index (χ0n) is 5.36. The summed E-state index contributed by atoms with van der Waals surface area (Å²) in [6.07, 6.45) is 9.95. The molecule has 1 atom stereocenters. The third kappa shape index (κ3) is 0.863. The lowest BCUT2D eigenvalue weighted by Crippen LogP contribution is -1.78. The maximum absolute atomic E-state index is 4.05. The van der Waals surface area contributed by atoms with Crippen LogP contribution < -0.4 is 0 Å². The Morgan fingerprint density at radius 2 is 2.50 bits per heavy atom. The van der Waals surface area contributed by atoms with E-state index < -0.39 is 0 Å². The van der Waals surface area contributed by atoms with Gasteiger partial charge < -0.3 is 0 Å². The predicted octanol–water partition coefficient (Wildman–Crippen LogP) is 2.44. The SMILES string of the molecule is C1#P2C=NC=CC2=CC=C1. The van der Waals surface area contributed by atoms with Gasteiger partial charge in [0.1, 0.15) is 0 Å². The summed E-state index contributed by atoms with van der Waals surface area (Å²) < 4.78 is 0. The number of rotatable bonds is 0. The van der Waals surface area contributed by atoms with Crippen molar-refractivity contribution >= 4 is 13.3 Å². The first-order chi connectivity index (χ1) is 4.97. The fourth-order valence-corrected chi connectivity index (χ4v) is 2.17. The fourth-order valence-electron chi connectivity index (χ4n) is 0.885. The van der Waals surface area contributed by atoms with Gasteiger partial charge in [-0.3, -0.25) is 4.99 Å². The lowest BCUT2D eigenvalue weighted by atomic mass is 10.4. The topological polar surface area (TPSA) is 12.4 Å². The molecule has 1 nitrogen and oxygen atoms in total. The number of hydrogen-bond donors (Lipinski definition) is 0. The van der Waals surface area contributed by atoms with Crippen LogP contribution in [-0.4, -0.2) is 5.96 Å². The molecule has 0 fully saturated rings. The fraction of sp³-hybridized carbons (Fsp3) is 0. The van der Waals surface area contributed by atoms with Gasteiger partial charge in [0, 0.05) is 11.5 Å². The smallest absolute Gasteiger partial charge is 0.0578 e. The van der Waals surface area contributed by atoms with Crippen LogP contribution in [0.2, 0.25) is 0 Å². The Kier molecular flexibility index (Phi) is 1.32. The van der Waals surface area contributed by atoms with E-state index in [2.05, 4.69) is 16.7 Å². The van der Waals surface area contributed by atoms with Crippen LogP contribution in [0.1, 0.15) is 0 Å². The molecule has 0 radical (unpaired) electrons. The highest BCUT2D eigenvalue weighted by Crippen LogP contribution is 2.33. The number of aliphatic imine (C=N–C) groups is 1. The minimum atomic E-state index is -0.300. The molecule has 0 amide bonds. The largest absolute Gasteiger partial charge is 0.259 e. The van der Waals surface area contributed by atoms with Gasteiger partial charge >= 0.3 is 0 Å². The van der Waals surface area contributed by atoms with E-state index in [-0.39, 0.29) is 7.38 Å². The predicted molar refractivity (Wildman–Crippen MR) is 45.7 cm³/mol. The molecule has 2 aliphatic heterocycles. The van der Waals surface area contributed by atoms with E-state index in [0.29, 0.717) is 0 Å². The Labute approximate surface area is 60.5 Å². The van der Waals surface area contributed by atoms with Crippen LogP contribution >= 0.6 is 7.38 Å². The summed E-state index contributed by atoms with van der Waals surface area (Å²) >= 11 is 0. The van der Waals surface area contributed by atoms with Gasteiger partial charge in [0.15, 0.2) is 0 Å². The molecule has 0 N–H and O–H groups in total. The van der Waals surface area contributed by atoms with Crippen LogP contribution in [0.25, 0.3) is 0 Å². The first-order valence-electron chi connectivity index (χ1n) is 3.09. The highest BCUT2D eigenvalue weighted by Gasteiger charge is 1.98. The summed E-state index contributed by atoms with van der Waals surface area (Å²) in [6, 6.07) is 0. The van der Waals surface area contributed by atoms with Crippen LogP contribution in [0, 0.1) is 5.63 Å². The first kappa shape index (κ1) is 5.73. The maximum atomic E-state index is 4.05. The second-order valence-corrected chi connectivity index (χ2v) is 3.78. The lowest BCUT2D eigenvalue weighted by molar-refractivity contribution is 1.58. The minimum Gasteiger partial charge on any atom is -0.259 e. The highest BCUT2D eigenvalue weighted by molar-refractivity contribution is 7.67. The molecule has 2 aliphatic rings. The molecule has 10 heavy (non-hydrogen) atoms. The Balaban J connectivity index is 2.59. The minimum absolute atomic E-state index is 0.300. The summed E-state index contributed by atoms with van der Waals surface area (Å²) in [5.41, 5.74) is 3.24. The number of fused-ring (bicyclic) bond motifs is 1. The third-order valence-corrected chi connectivity index (χ3v) is 3.01. The van der Waals surface area contributed by atoms with Gasteiger partial charge in [-0.2, -0.15) is 0 Å². The molecule has 0 spiro atoms. The van der Waals surface area contributed by atoms with Gasteiger partial charge in [0.2, 0.25) is 0 Å². The molecule has 0 saturated carbocycles. The molecule has 1 unspecified atom stereocenters. The zero-order chi connectivity index (χ0) is 6.81. The van der Waals surface area contributed by atoms with Crippen molar-refractivity contribution in [3.8, 4) is 5.63 Å². The molecular weight excluding hydrogens is 141 g/mol. The molecule has 2 heterocycles. The number of nitrogens with zero attached hydrogens (tertiary/aromatic N) is 1. The number of allylic oxidation sites excluding steroid dienone is 5. The molecule has 0 aromatic heterocycles. The van der Waals surface area contributed by atoms with Crippen LogP contribution in [0.4, 0.5) is 0 Å². The summed E-state index contributed by atoms with van der Waals surface area (Å²) in [5.74, 6) is 1.96. The Morgan fingerprint density at radius 1 is 1.50 bits per heavy atom. The van der Waals surface area contributed by atoms with E-state index in [0.717, 1.165) is 0 Å². The normalized spacial score (nSPS) is 22.8. The molecule has 2 rings (SSSR count). The van der Waals surface area contributed by atoms with Crippen LogP contribution in [0.5, 0.6) is 0 Å². The van der Waals surface area contributed by atoms with Crippen LogP contribution in [0.15, 0.2) is 40.8 Å². The van der Waals surface area contributed by atoms with Crippen molar-refractivity contribution < 1.29 is 0 Å². The molecule has 0 aliphatic carbocycles. The van der Waals surface area contributed by atoms with Crippen LogP contribution in [0.3, 0.4) is 0 Å². The van der Waals surface area contributed by atoms with E-state index in [1.165, 1.54) is 5.31 Å². The van der Waals surface area contributed by atoms with Gasteiger partial charge in [0.05, 0.1) is 5.96 Å². The van der Waals surface area contributed by atoms with Gasteiger partial charge in [0.25, 0.3) is 0 Å². The third-order valence-electron chi connectivity index (χ3n) is 1.37. The Bertz CT molecular complexity index is 344. The summed E-state index contributed by atoms with van der Waals surface area (Å²) in [5, 5.41) is 1.34. The highest BCUT2D eigenvalue weighted by atomic mass is 31.1. The molecular formula is C8H6NP. The Hall–Kier alpha value is -1.03. The standard InChI is InChI=1S/C8H6NP/c1-2-6-10-7-9-5-4-8(10)3-1/h1-5,7H. The van der Waals surface area contributed by atoms with Crippen molar-refractivity contribution in [1.29, 1.82) is 0 Å². The van der Waals surface area contributed by atoms with Crippen molar-refractivity contribution in [3.05, 3.63) is 35.8 Å². The molecule has 2 heteroatoms. The van der Waals surface area contributed by atoms with Crippen molar-refractivity contribution in [1.82, 2.24) is 0 Å². The average molecular weight is 147 g/mol. The quantitative estimate of drug-likeness (QED) is 0.466. The molecule has 0 aromatic carbocycles. The Morgan fingerprint density at radius 3 is 3.40 bits per heavy atom. The number of hydrogen-bond acceptors (Lipinski definition) is 1. The van der Waals surface area contributed by atoms with E-state index >= 15 is 0 Å². The van der Waals surface area contributed by atoms with Gasteiger partial charge in [-0.15, -0.1) is 0 Å². The van der Waals surface area contributed by atoms with E-state index in [4.69, 9.17) is 0 Å². The summed E-state index contributed by atoms with van der Waals surface area (Å²) in [6.45, 7) is 0. The van der Waals surface area contributed by atoms with E-state index in [1.807, 2.05) is 30.4 Å². The van der Waals surface area contributed by atoms with Crippen LogP contribution in [-0.2, 0) is 0 Å². The van der Waals surface area contributed by atoms with Crippen molar-refractivity contribution in [2.45, 2.75) is 0 Å². The van der Waals surface area contributed by atoms with E-state index in [1.54, 1.807) is 0 Å². The summed E-state index contributed by atoms with van der Waals surface area (Å²) in [7, 11) is -0.300. The van der Waals surface area contributed by atoms with Crippen molar-refractivity contribution in [2.24, 2.45) is 4.99 Å².